The predicted molar refractivity (Wildman–Crippen MR) is 73.9 cm³/mol. The summed E-state index contributed by atoms with van der Waals surface area (Å²) in [4.78, 5) is 7.84. The van der Waals surface area contributed by atoms with E-state index >= 15 is 0 Å². The van der Waals surface area contributed by atoms with Crippen LogP contribution in [0.15, 0.2) is 24.3 Å². The number of H-pyrrole nitrogens is 1. The first-order valence-corrected chi connectivity index (χ1v) is 6.46. The van der Waals surface area contributed by atoms with Crippen molar-refractivity contribution < 1.29 is 5.11 Å². The van der Waals surface area contributed by atoms with Crippen LogP contribution in [0.4, 0.5) is 0 Å². The van der Waals surface area contributed by atoms with Gasteiger partial charge in [0.2, 0.25) is 0 Å². The number of rotatable bonds is 4. The number of aliphatic hydroxyl groups is 1. The van der Waals surface area contributed by atoms with Gasteiger partial charge in [0.15, 0.2) is 0 Å². The van der Waals surface area contributed by atoms with E-state index in [1.54, 1.807) is 0 Å². The Morgan fingerprint density at radius 1 is 1.44 bits per heavy atom. The molecule has 0 fully saturated rings. The summed E-state index contributed by atoms with van der Waals surface area (Å²) in [6, 6.07) is 7.64. The third kappa shape index (κ3) is 2.57. The average molecular weight is 265 g/mol. The van der Waals surface area contributed by atoms with Gasteiger partial charge in [-0.15, -0.1) is 0 Å². The molecule has 3 nitrogen and oxygen atoms in total. The Labute approximate surface area is 112 Å². The van der Waals surface area contributed by atoms with Crippen LogP contribution in [0.5, 0.6) is 0 Å². The first-order valence-electron chi connectivity index (χ1n) is 6.09. The molecular formula is C14H17ClN2O. The number of hydrogen-bond donors (Lipinski definition) is 2. The number of benzene rings is 1. The van der Waals surface area contributed by atoms with E-state index in [9.17, 15) is 5.11 Å². The first kappa shape index (κ1) is 13.1. The second-order valence-corrected chi connectivity index (χ2v) is 4.83. The molecule has 0 saturated heterocycles. The maximum Gasteiger partial charge on any atom is 0.112 e. The van der Waals surface area contributed by atoms with Crippen molar-refractivity contribution in [2.45, 2.75) is 26.2 Å². The number of imidazole rings is 1. The van der Waals surface area contributed by atoms with Gasteiger partial charge in [-0.2, -0.15) is 0 Å². The molecule has 0 aliphatic rings. The van der Waals surface area contributed by atoms with E-state index in [2.05, 4.69) is 9.97 Å². The van der Waals surface area contributed by atoms with Crippen LogP contribution in [0.3, 0.4) is 0 Å². The molecule has 2 rings (SSSR count). The van der Waals surface area contributed by atoms with Gasteiger partial charge < -0.3 is 10.1 Å². The molecule has 0 saturated carbocycles. The normalized spacial score (nSPS) is 12.7. The van der Waals surface area contributed by atoms with Crippen molar-refractivity contribution in [3.05, 3.63) is 40.8 Å². The van der Waals surface area contributed by atoms with Gasteiger partial charge in [0.05, 0.1) is 12.3 Å². The largest absolute Gasteiger partial charge is 0.396 e. The van der Waals surface area contributed by atoms with Crippen molar-refractivity contribution in [2.24, 2.45) is 0 Å². The highest BCUT2D eigenvalue weighted by molar-refractivity contribution is 6.30. The quantitative estimate of drug-likeness (QED) is 0.888. The third-order valence-electron chi connectivity index (χ3n) is 3.10. The minimum Gasteiger partial charge on any atom is -0.396 e. The first-order chi connectivity index (χ1) is 8.65. The van der Waals surface area contributed by atoms with E-state index in [1.165, 1.54) is 0 Å². The number of aromatic nitrogens is 2. The predicted octanol–water partition coefficient (Wildman–Crippen LogP) is 3.52. The fourth-order valence-corrected chi connectivity index (χ4v) is 2.19. The van der Waals surface area contributed by atoms with Crippen molar-refractivity contribution in [3.63, 3.8) is 0 Å². The van der Waals surface area contributed by atoms with Crippen molar-refractivity contribution in [2.75, 3.05) is 6.61 Å². The van der Waals surface area contributed by atoms with Crippen LogP contribution in [-0.4, -0.2) is 21.7 Å². The Bertz CT molecular complexity index is 532. The fraction of sp³-hybridized carbons (Fsp3) is 0.357. The monoisotopic (exact) mass is 264 g/mol. The van der Waals surface area contributed by atoms with Gasteiger partial charge in [-0.05, 0) is 25.5 Å². The molecule has 2 N–H and O–H groups in total. The van der Waals surface area contributed by atoms with Crippen LogP contribution in [0.2, 0.25) is 5.02 Å². The van der Waals surface area contributed by atoms with Crippen molar-refractivity contribution >= 4 is 11.6 Å². The summed E-state index contributed by atoms with van der Waals surface area (Å²) in [5, 5.41) is 10.0. The Balaban J connectivity index is 2.40. The van der Waals surface area contributed by atoms with E-state index in [0.717, 1.165) is 29.2 Å². The lowest BCUT2D eigenvalue weighted by molar-refractivity contribution is 0.258. The number of nitrogens with zero attached hydrogens (tertiary/aromatic N) is 1. The van der Waals surface area contributed by atoms with Gasteiger partial charge in [0, 0.05) is 22.2 Å². The van der Waals surface area contributed by atoms with Crippen LogP contribution in [-0.2, 0) is 0 Å². The summed E-state index contributed by atoms with van der Waals surface area (Å²) in [6.07, 6.45) is 0.860. The zero-order chi connectivity index (χ0) is 13.1. The highest BCUT2D eigenvalue weighted by Crippen LogP contribution is 2.26. The zero-order valence-corrected chi connectivity index (χ0v) is 11.3. The summed E-state index contributed by atoms with van der Waals surface area (Å²) >= 11 is 5.99. The van der Waals surface area contributed by atoms with Gasteiger partial charge in [-0.1, -0.05) is 30.7 Å². The SMILES string of the molecule is CCC(CO)c1nc(-c2cccc(Cl)c2)c(C)[nH]1. The van der Waals surface area contributed by atoms with E-state index < -0.39 is 0 Å². The molecule has 0 radical (unpaired) electrons. The van der Waals surface area contributed by atoms with Gasteiger partial charge >= 0.3 is 0 Å². The molecule has 0 aliphatic heterocycles. The Morgan fingerprint density at radius 3 is 2.83 bits per heavy atom. The molecule has 0 spiro atoms. The molecule has 18 heavy (non-hydrogen) atoms. The second-order valence-electron chi connectivity index (χ2n) is 4.39. The fourth-order valence-electron chi connectivity index (χ4n) is 2.00. The van der Waals surface area contributed by atoms with Gasteiger partial charge in [0.25, 0.3) is 0 Å². The summed E-state index contributed by atoms with van der Waals surface area (Å²) in [5.74, 6) is 0.907. The Morgan fingerprint density at radius 2 is 2.22 bits per heavy atom. The molecular weight excluding hydrogens is 248 g/mol. The van der Waals surface area contributed by atoms with E-state index in [4.69, 9.17) is 11.6 Å². The van der Waals surface area contributed by atoms with Crippen LogP contribution < -0.4 is 0 Å². The number of aromatic amines is 1. The molecule has 2 aromatic rings. The lowest BCUT2D eigenvalue weighted by Gasteiger charge is -2.06. The molecule has 1 atom stereocenters. The zero-order valence-electron chi connectivity index (χ0n) is 10.6. The molecule has 0 amide bonds. The third-order valence-corrected chi connectivity index (χ3v) is 3.34. The van der Waals surface area contributed by atoms with E-state index in [-0.39, 0.29) is 12.5 Å². The highest BCUT2D eigenvalue weighted by Gasteiger charge is 2.15. The maximum atomic E-state index is 9.31. The summed E-state index contributed by atoms with van der Waals surface area (Å²) in [7, 11) is 0. The molecule has 1 unspecified atom stereocenters. The van der Waals surface area contributed by atoms with Crippen LogP contribution in [0.25, 0.3) is 11.3 Å². The minimum atomic E-state index is 0.0663. The van der Waals surface area contributed by atoms with Crippen molar-refractivity contribution in [1.82, 2.24) is 9.97 Å². The van der Waals surface area contributed by atoms with E-state index in [1.807, 2.05) is 38.1 Å². The molecule has 96 valence electrons. The number of halogens is 1. The number of hydrogen-bond acceptors (Lipinski definition) is 2. The molecule has 1 aromatic heterocycles. The smallest absolute Gasteiger partial charge is 0.112 e. The van der Waals surface area contributed by atoms with Gasteiger partial charge in [-0.3, -0.25) is 0 Å². The summed E-state index contributed by atoms with van der Waals surface area (Å²) in [5.41, 5.74) is 2.90. The van der Waals surface area contributed by atoms with Crippen LogP contribution >= 0.6 is 11.6 Å². The molecule has 1 heterocycles. The lowest BCUT2D eigenvalue weighted by Crippen LogP contribution is -2.04. The minimum absolute atomic E-state index is 0.0663. The topological polar surface area (TPSA) is 48.9 Å². The van der Waals surface area contributed by atoms with Crippen molar-refractivity contribution in [3.8, 4) is 11.3 Å². The molecule has 0 bridgehead atoms. The Hall–Kier alpha value is -1.32. The van der Waals surface area contributed by atoms with Crippen molar-refractivity contribution in [1.29, 1.82) is 0 Å². The Kier molecular flexibility index (Phi) is 4.04. The number of aryl methyl sites for hydroxylation is 1. The summed E-state index contributed by atoms with van der Waals surface area (Å²) < 4.78 is 0. The second kappa shape index (κ2) is 5.55. The van der Waals surface area contributed by atoms with Gasteiger partial charge in [-0.25, -0.2) is 4.98 Å². The molecule has 4 heteroatoms. The van der Waals surface area contributed by atoms with Crippen LogP contribution in [0.1, 0.15) is 30.8 Å². The standard InChI is InChI=1S/C14H17ClN2O/c1-3-10(8-18)14-16-9(2)13(17-14)11-5-4-6-12(15)7-11/h4-7,10,18H,3,8H2,1-2H3,(H,16,17). The van der Waals surface area contributed by atoms with Crippen LogP contribution in [0, 0.1) is 6.92 Å². The number of aliphatic hydroxyl groups excluding tert-OH is 1. The molecule has 0 aliphatic carbocycles. The molecule has 1 aromatic carbocycles. The lowest BCUT2D eigenvalue weighted by atomic mass is 10.1. The van der Waals surface area contributed by atoms with E-state index in [0.29, 0.717) is 5.02 Å². The van der Waals surface area contributed by atoms with Gasteiger partial charge in [0.1, 0.15) is 5.82 Å². The summed E-state index contributed by atoms with van der Waals surface area (Å²) in [6.45, 7) is 4.13. The highest BCUT2D eigenvalue weighted by atomic mass is 35.5. The maximum absolute atomic E-state index is 9.31. The number of nitrogens with one attached hydrogen (secondary N) is 1. The average Bonchev–Trinajstić information content (AvgIpc) is 2.73.